The zero-order valence-corrected chi connectivity index (χ0v) is 12.3. The zero-order chi connectivity index (χ0) is 15.1. The quantitative estimate of drug-likeness (QED) is 0.690. The molecule has 0 spiro atoms. The van der Waals surface area contributed by atoms with Crippen LogP contribution in [0.1, 0.15) is 11.4 Å². The highest BCUT2D eigenvalue weighted by Crippen LogP contribution is 2.34. The van der Waals surface area contributed by atoms with Crippen LogP contribution in [0.2, 0.25) is 5.02 Å². The van der Waals surface area contributed by atoms with Crippen LogP contribution in [-0.4, -0.2) is 26.3 Å². The Balaban J connectivity index is 1.91. The van der Waals surface area contributed by atoms with Crippen LogP contribution in [0.25, 0.3) is 10.9 Å². The Morgan fingerprint density at radius 1 is 1.23 bits per heavy atom. The van der Waals surface area contributed by atoms with E-state index < -0.39 is 0 Å². The predicted octanol–water partition coefficient (Wildman–Crippen LogP) is 2.37. The van der Waals surface area contributed by atoms with Gasteiger partial charge in [0, 0.05) is 18.1 Å². The Morgan fingerprint density at radius 3 is 3.00 bits per heavy atom. The number of benzene rings is 1. The number of hydrogen-bond donors (Lipinski definition) is 0. The first kappa shape index (κ1) is 13.0. The second-order valence-corrected chi connectivity index (χ2v) is 5.50. The smallest absolute Gasteiger partial charge is 0.146 e. The number of rotatable bonds is 1. The molecule has 0 aliphatic carbocycles. The number of nitriles is 1. The lowest BCUT2D eigenvalue weighted by atomic mass is 10.1. The molecule has 1 aliphatic heterocycles. The highest BCUT2D eigenvalue weighted by molar-refractivity contribution is 6.35. The monoisotopic (exact) mass is 310 g/mol. The zero-order valence-electron chi connectivity index (χ0n) is 11.6. The molecule has 0 atom stereocenters. The average Bonchev–Trinajstić information content (AvgIpc) is 3.01. The Morgan fingerprint density at radius 2 is 2.14 bits per heavy atom. The average molecular weight is 311 g/mol. The van der Waals surface area contributed by atoms with Crippen LogP contribution in [-0.2, 0) is 13.1 Å². The molecular formula is C15H11ClN6. The molecule has 108 valence electrons. The summed E-state index contributed by atoms with van der Waals surface area (Å²) in [5, 5.41) is 15.1. The molecule has 1 aliphatic rings. The topological polar surface area (TPSA) is 70.6 Å². The van der Waals surface area contributed by atoms with E-state index in [1.165, 1.54) is 0 Å². The van der Waals surface area contributed by atoms with Crippen molar-refractivity contribution in [3.05, 3.63) is 47.1 Å². The highest BCUT2D eigenvalue weighted by atomic mass is 35.5. The van der Waals surface area contributed by atoms with Gasteiger partial charge in [0.2, 0.25) is 0 Å². The number of halogens is 1. The van der Waals surface area contributed by atoms with Crippen LogP contribution in [0.3, 0.4) is 0 Å². The largest absolute Gasteiger partial charge is 0.360 e. The molecule has 0 radical (unpaired) electrons. The first-order valence-corrected chi connectivity index (χ1v) is 7.24. The number of anilines is 1. The van der Waals surface area contributed by atoms with Gasteiger partial charge in [-0.3, -0.25) is 4.98 Å². The molecule has 6 nitrogen and oxygen atoms in total. The van der Waals surface area contributed by atoms with Crippen molar-refractivity contribution in [1.82, 2.24) is 19.7 Å². The van der Waals surface area contributed by atoms with Crippen molar-refractivity contribution in [2.45, 2.75) is 13.1 Å². The maximum atomic E-state index is 9.45. The number of para-hydroxylation sites is 1. The standard InChI is InChI=1S/C15H11ClN6/c16-12-3-1-2-11-14(12)18-7-10(6-17)15(11)21-4-5-22-13(8-21)19-9-20-22/h1-3,7,9H,4-5,8H2. The van der Waals surface area contributed by atoms with Crippen molar-refractivity contribution in [1.29, 1.82) is 5.26 Å². The second-order valence-electron chi connectivity index (χ2n) is 5.09. The molecule has 0 unspecified atom stereocenters. The minimum atomic E-state index is 0.544. The van der Waals surface area contributed by atoms with Crippen LogP contribution < -0.4 is 4.90 Å². The van der Waals surface area contributed by atoms with E-state index in [1.807, 2.05) is 16.8 Å². The Kier molecular flexibility index (Phi) is 2.94. The van der Waals surface area contributed by atoms with Gasteiger partial charge in [0.1, 0.15) is 18.2 Å². The molecule has 7 heteroatoms. The van der Waals surface area contributed by atoms with E-state index in [1.54, 1.807) is 18.6 Å². The number of hydrogen-bond acceptors (Lipinski definition) is 5. The van der Waals surface area contributed by atoms with E-state index in [9.17, 15) is 5.26 Å². The molecule has 0 amide bonds. The molecule has 0 N–H and O–H groups in total. The number of aromatic nitrogens is 4. The molecule has 3 aromatic rings. The van der Waals surface area contributed by atoms with E-state index in [0.717, 1.165) is 30.0 Å². The molecule has 3 heterocycles. The van der Waals surface area contributed by atoms with Crippen LogP contribution in [0.5, 0.6) is 0 Å². The van der Waals surface area contributed by atoms with Gasteiger partial charge in [-0.1, -0.05) is 23.7 Å². The van der Waals surface area contributed by atoms with Crippen LogP contribution >= 0.6 is 11.6 Å². The third-order valence-corrected chi connectivity index (χ3v) is 4.17. The number of fused-ring (bicyclic) bond motifs is 2. The summed E-state index contributed by atoms with van der Waals surface area (Å²) in [5.41, 5.74) is 2.12. The molecule has 0 fully saturated rings. The van der Waals surface area contributed by atoms with Crippen molar-refractivity contribution in [2.24, 2.45) is 0 Å². The van der Waals surface area contributed by atoms with Gasteiger partial charge in [-0.15, -0.1) is 0 Å². The maximum absolute atomic E-state index is 9.45. The summed E-state index contributed by atoms with van der Waals surface area (Å²) in [4.78, 5) is 10.7. The summed E-state index contributed by atoms with van der Waals surface area (Å²) in [7, 11) is 0. The predicted molar refractivity (Wildman–Crippen MR) is 82.5 cm³/mol. The maximum Gasteiger partial charge on any atom is 0.146 e. The normalized spacial score (nSPS) is 13.9. The summed E-state index contributed by atoms with van der Waals surface area (Å²) < 4.78 is 1.89. The van der Waals surface area contributed by atoms with E-state index in [4.69, 9.17) is 11.6 Å². The van der Waals surface area contributed by atoms with Gasteiger partial charge < -0.3 is 4.90 Å². The van der Waals surface area contributed by atoms with Gasteiger partial charge in [-0.25, -0.2) is 9.67 Å². The van der Waals surface area contributed by atoms with Gasteiger partial charge >= 0.3 is 0 Å². The van der Waals surface area contributed by atoms with Gasteiger partial charge in [-0.05, 0) is 6.07 Å². The summed E-state index contributed by atoms with van der Waals surface area (Å²) in [5.74, 6) is 0.891. The Labute approximate surface area is 131 Å². The molecule has 0 saturated carbocycles. The van der Waals surface area contributed by atoms with Crippen LogP contribution in [0.4, 0.5) is 5.69 Å². The lowest BCUT2D eigenvalue weighted by molar-refractivity contribution is 0.513. The molecule has 1 aromatic carbocycles. The van der Waals surface area contributed by atoms with E-state index in [0.29, 0.717) is 22.6 Å². The summed E-state index contributed by atoms with van der Waals surface area (Å²) in [6.07, 6.45) is 3.15. The van der Waals surface area contributed by atoms with Gasteiger partial charge in [0.15, 0.2) is 0 Å². The van der Waals surface area contributed by atoms with Crippen molar-refractivity contribution < 1.29 is 0 Å². The van der Waals surface area contributed by atoms with Crippen LogP contribution in [0.15, 0.2) is 30.7 Å². The van der Waals surface area contributed by atoms with Gasteiger partial charge in [0.25, 0.3) is 0 Å². The van der Waals surface area contributed by atoms with Gasteiger partial charge in [-0.2, -0.15) is 10.4 Å². The molecule has 22 heavy (non-hydrogen) atoms. The van der Waals surface area contributed by atoms with Crippen LogP contribution in [0, 0.1) is 11.3 Å². The first-order chi connectivity index (χ1) is 10.8. The van der Waals surface area contributed by atoms with Gasteiger partial charge in [0.05, 0.1) is 34.9 Å². The van der Waals surface area contributed by atoms with Crippen molar-refractivity contribution >= 4 is 28.2 Å². The fourth-order valence-electron chi connectivity index (χ4n) is 2.85. The van der Waals surface area contributed by atoms with Crippen molar-refractivity contribution in [3.8, 4) is 6.07 Å². The Hall–Kier alpha value is -2.65. The minimum Gasteiger partial charge on any atom is -0.360 e. The molecule has 2 aromatic heterocycles. The summed E-state index contributed by atoms with van der Waals surface area (Å²) in [6, 6.07) is 7.86. The molecular weight excluding hydrogens is 300 g/mol. The third-order valence-electron chi connectivity index (χ3n) is 3.87. The lowest BCUT2D eigenvalue weighted by Crippen LogP contribution is -2.34. The first-order valence-electron chi connectivity index (χ1n) is 6.87. The van der Waals surface area contributed by atoms with Crippen molar-refractivity contribution in [3.63, 3.8) is 0 Å². The molecule has 4 rings (SSSR count). The number of nitrogens with zero attached hydrogens (tertiary/aromatic N) is 6. The van der Waals surface area contributed by atoms with E-state index >= 15 is 0 Å². The second kappa shape index (κ2) is 4.97. The van der Waals surface area contributed by atoms with Crippen molar-refractivity contribution in [2.75, 3.05) is 11.4 Å². The number of pyridine rings is 1. The highest BCUT2D eigenvalue weighted by Gasteiger charge is 2.22. The fourth-order valence-corrected chi connectivity index (χ4v) is 3.07. The summed E-state index contributed by atoms with van der Waals surface area (Å²) >= 11 is 6.24. The Bertz CT molecular complexity index is 910. The van der Waals surface area contributed by atoms with E-state index in [2.05, 4.69) is 26.0 Å². The molecule has 0 bridgehead atoms. The SMILES string of the molecule is N#Cc1cnc2c(Cl)cccc2c1N1CCn2ncnc2C1. The third kappa shape index (κ3) is 1.90. The fraction of sp³-hybridized carbons (Fsp3) is 0.200. The van der Waals surface area contributed by atoms with E-state index in [-0.39, 0.29) is 0 Å². The summed E-state index contributed by atoms with van der Waals surface area (Å²) in [6.45, 7) is 2.11. The molecule has 0 saturated heterocycles. The lowest BCUT2D eigenvalue weighted by Gasteiger charge is -2.30. The minimum absolute atomic E-state index is 0.544.